The van der Waals surface area contributed by atoms with Crippen LogP contribution in [0.5, 0.6) is 0 Å². The lowest BCUT2D eigenvalue weighted by Crippen LogP contribution is -2.27. The van der Waals surface area contributed by atoms with Crippen molar-refractivity contribution >= 4 is 45.5 Å². The Balaban J connectivity index is 2.23. The minimum absolute atomic E-state index is 0.373. The van der Waals surface area contributed by atoms with Gasteiger partial charge in [0.15, 0.2) is 5.82 Å². The summed E-state index contributed by atoms with van der Waals surface area (Å²) >= 11 is 2.17. The van der Waals surface area contributed by atoms with Gasteiger partial charge >= 0.3 is 6.09 Å². The Morgan fingerprint density at radius 2 is 2.22 bits per heavy atom. The Labute approximate surface area is 118 Å². The highest BCUT2D eigenvalue weighted by molar-refractivity contribution is 14.1. The second-order valence-corrected chi connectivity index (χ2v) is 5.88. The van der Waals surface area contributed by atoms with E-state index < -0.39 is 11.7 Å². The molecule has 2 aromatic rings. The maximum atomic E-state index is 11.6. The molecule has 2 N–H and O–H groups in total. The largest absolute Gasteiger partial charge is 0.444 e. The van der Waals surface area contributed by atoms with Crippen LogP contribution in [-0.4, -0.2) is 26.9 Å². The molecule has 96 valence electrons. The fourth-order valence-electron chi connectivity index (χ4n) is 1.38. The number of halogens is 1. The number of carbonyl (C=O) groups is 1. The maximum Gasteiger partial charge on any atom is 0.413 e. The van der Waals surface area contributed by atoms with E-state index in [2.05, 4.69) is 43.1 Å². The highest BCUT2D eigenvalue weighted by atomic mass is 127. The number of hydrogen-bond donors (Lipinski definition) is 2. The summed E-state index contributed by atoms with van der Waals surface area (Å²) in [5.74, 6) is 0.373. The Morgan fingerprint density at radius 1 is 1.50 bits per heavy atom. The molecule has 2 aromatic heterocycles. The number of fused-ring (bicyclic) bond motifs is 1. The molecule has 7 heteroatoms. The second-order valence-electron chi connectivity index (χ2n) is 4.72. The predicted molar refractivity (Wildman–Crippen MR) is 76.5 cm³/mol. The third-order valence-electron chi connectivity index (χ3n) is 2.02. The molecule has 0 aliphatic rings. The molecular formula is C11H13IN4O2. The SMILES string of the molecule is CC(C)(C)OC(=O)Nc1n[nH]c2c(I)ccnc12. The van der Waals surface area contributed by atoms with Crippen LogP contribution in [0.2, 0.25) is 0 Å². The lowest BCUT2D eigenvalue weighted by molar-refractivity contribution is 0.0635. The normalized spacial score (nSPS) is 11.6. The van der Waals surface area contributed by atoms with Crippen LogP contribution in [0.4, 0.5) is 10.6 Å². The summed E-state index contributed by atoms with van der Waals surface area (Å²) in [6.45, 7) is 5.41. The van der Waals surface area contributed by atoms with E-state index in [0.29, 0.717) is 11.3 Å². The molecular weight excluding hydrogens is 347 g/mol. The van der Waals surface area contributed by atoms with Gasteiger partial charge in [-0.15, -0.1) is 0 Å². The van der Waals surface area contributed by atoms with Crippen LogP contribution < -0.4 is 5.32 Å². The molecule has 6 nitrogen and oxygen atoms in total. The van der Waals surface area contributed by atoms with Crippen molar-refractivity contribution < 1.29 is 9.53 Å². The van der Waals surface area contributed by atoms with Crippen LogP contribution in [0.1, 0.15) is 20.8 Å². The summed E-state index contributed by atoms with van der Waals surface area (Å²) in [5, 5.41) is 9.44. The smallest absolute Gasteiger partial charge is 0.413 e. The monoisotopic (exact) mass is 360 g/mol. The first-order valence-corrected chi connectivity index (χ1v) is 6.43. The van der Waals surface area contributed by atoms with Crippen LogP contribution in [0.15, 0.2) is 12.3 Å². The molecule has 1 amide bonds. The lowest BCUT2D eigenvalue weighted by Gasteiger charge is -2.19. The first kappa shape index (κ1) is 13.1. The van der Waals surface area contributed by atoms with Crippen molar-refractivity contribution in [2.45, 2.75) is 26.4 Å². The number of pyridine rings is 1. The van der Waals surface area contributed by atoms with Gasteiger partial charge < -0.3 is 4.74 Å². The van der Waals surface area contributed by atoms with Gasteiger partial charge in [0.25, 0.3) is 0 Å². The first-order chi connectivity index (χ1) is 8.37. The highest BCUT2D eigenvalue weighted by Crippen LogP contribution is 2.22. The van der Waals surface area contributed by atoms with Gasteiger partial charge in [-0.3, -0.25) is 15.4 Å². The molecule has 0 unspecified atom stereocenters. The van der Waals surface area contributed by atoms with E-state index in [-0.39, 0.29) is 0 Å². The minimum Gasteiger partial charge on any atom is -0.444 e. The van der Waals surface area contributed by atoms with Crippen molar-refractivity contribution in [3.05, 3.63) is 15.8 Å². The van der Waals surface area contributed by atoms with Crippen molar-refractivity contribution in [3.63, 3.8) is 0 Å². The number of aromatic nitrogens is 3. The molecule has 0 saturated carbocycles. The standard InChI is InChI=1S/C11H13IN4O2/c1-11(2,3)18-10(17)14-9-8-7(15-16-9)6(12)4-5-13-8/h4-5H,1-3H3,(H2,14,15,16,17). The molecule has 0 fully saturated rings. The first-order valence-electron chi connectivity index (χ1n) is 5.35. The maximum absolute atomic E-state index is 11.6. The van der Waals surface area contributed by atoms with Crippen molar-refractivity contribution in [1.82, 2.24) is 15.2 Å². The Kier molecular flexibility index (Phi) is 3.42. The van der Waals surface area contributed by atoms with E-state index in [1.807, 2.05) is 6.07 Å². The average molecular weight is 360 g/mol. The number of carbonyl (C=O) groups excluding carboxylic acids is 1. The molecule has 0 bridgehead atoms. The number of aromatic amines is 1. The fourth-order valence-corrected chi connectivity index (χ4v) is 1.91. The molecule has 0 spiro atoms. The molecule has 0 aliphatic carbocycles. The summed E-state index contributed by atoms with van der Waals surface area (Å²) in [6, 6.07) is 1.86. The molecule has 0 aliphatic heterocycles. The zero-order valence-electron chi connectivity index (χ0n) is 10.2. The molecule has 0 saturated heterocycles. The number of ether oxygens (including phenoxy) is 1. The van der Waals surface area contributed by atoms with Crippen molar-refractivity contribution in [2.24, 2.45) is 0 Å². The number of rotatable bonds is 1. The van der Waals surface area contributed by atoms with Crippen LogP contribution in [0, 0.1) is 3.57 Å². The van der Waals surface area contributed by atoms with Gasteiger partial charge in [-0.05, 0) is 49.4 Å². The number of nitrogens with zero attached hydrogens (tertiary/aromatic N) is 2. The topological polar surface area (TPSA) is 79.9 Å². The molecule has 0 radical (unpaired) electrons. The summed E-state index contributed by atoms with van der Waals surface area (Å²) in [5.41, 5.74) is 0.870. The van der Waals surface area contributed by atoms with Gasteiger partial charge in [0.05, 0.1) is 5.52 Å². The fraction of sp³-hybridized carbons (Fsp3) is 0.364. The Morgan fingerprint density at radius 3 is 2.89 bits per heavy atom. The van der Waals surface area contributed by atoms with Crippen LogP contribution in [-0.2, 0) is 4.74 Å². The number of hydrogen-bond acceptors (Lipinski definition) is 4. The van der Waals surface area contributed by atoms with E-state index in [4.69, 9.17) is 4.74 Å². The van der Waals surface area contributed by atoms with Gasteiger partial charge in [0, 0.05) is 9.77 Å². The van der Waals surface area contributed by atoms with E-state index in [1.54, 1.807) is 27.0 Å². The Hall–Kier alpha value is -1.38. The van der Waals surface area contributed by atoms with Gasteiger partial charge in [-0.2, -0.15) is 5.10 Å². The van der Waals surface area contributed by atoms with Crippen LogP contribution in [0.25, 0.3) is 11.0 Å². The summed E-state index contributed by atoms with van der Waals surface area (Å²) in [6.07, 6.45) is 1.12. The summed E-state index contributed by atoms with van der Waals surface area (Å²) < 4.78 is 6.14. The van der Waals surface area contributed by atoms with Crippen LogP contribution in [0.3, 0.4) is 0 Å². The average Bonchev–Trinajstić information content (AvgIpc) is 2.60. The Bertz CT molecular complexity index is 588. The van der Waals surface area contributed by atoms with E-state index >= 15 is 0 Å². The second kappa shape index (κ2) is 4.71. The number of H-pyrrole nitrogens is 1. The zero-order valence-corrected chi connectivity index (χ0v) is 12.4. The summed E-state index contributed by atoms with van der Waals surface area (Å²) in [7, 11) is 0. The predicted octanol–water partition coefficient (Wildman–Crippen LogP) is 2.91. The van der Waals surface area contributed by atoms with Gasteiger partial charge in [-0.25, -0.2) is 4.79 Å². The van der Waals surface area contributed by atoms with Gasteiger partial charge in [0.2, 0.25) is 0 Å². The minimum atomic E-state index is -0.545. The third-order valence-corrected chi connectivity index (χ3v) is 2.92. The lowest BCUT2D eigenvalue weighted by atomic mass is 10.2. The summed E-state index contributed by atoms with van der Waals surface area (Å²) in [4.78, 5) is 15.8. The van der Waals surface area contributed by atoms with Crippen molar-refractivity contribution in [1.29, 1.82) is 0 Å². The molecule has 18 heavy (non-hydrogen) atoms. The van der Waals surface area contributed by atoms with E-state index in [9.17, 15) is 4.79 Å². The number of anilines is 1. The molecule has 0 atom stereocenters. The molecule has 2 heterocycles. The highest BCUT2D eigenvalue weighted by Gasteiger charge is 2.18. The van der Waals surface area contributed by atoms with E-state index in [0.717, 1.165) is 9.09 Å². The molecule has 2 rings (SSSR count). The molecule has 0 aromatic carbocycles. The van der Waals surface area contributed by atoms with Gasteiger partial charge in [0.1, 0.15) is 11.1 Å². The number of amides is 1. The van der Waals surface area contributed by atoms with Crippen LogP contribution >= 0.6 is 22.6 Å². The number of nitrogens with one attached hydrogen (secondary N) is 2. The van der Waals surface area contributed by atoms with E-state index in [1.165, 1.54) is 0 Å². The van der Waals surface area contributed by atoms with Crippen molar-refractivity contribution in [3.8, 4) is 0 Å². The zero-order chi connectivity index (χ0) is 13.3. The quantitative estimate of drug-likeness (QED) is 0.767. The van der Waals surface area contributed by atoms with Crippen molar-refractivity contribution in [2.75, 3.05) is 5.32 Å². The third kappa shape index (κ3) is 2.89. The van der Waals surface area contributed by atoms with Gasteiger partial charge in [-0.1, -0.05) is 0 Å².